The van der Waals surface area contributed by atoms with Crippen molar-refractivity contribution in [3.05, 3.63) is 46.5 Å². The predicted octanol–water partition coefficient (Wildman–Crippen LogP) is 4.32. The monoisotopic (exact) mass is 350 g/mol. The largest absolute Gasteiger partial charge is 0.313 e. The van der Waals surface area contributed by atoms with E-state index in [-0.39, 0.29) is 0 Å². The molecule has 0 spiro atoms. The van der Waals surface area contributed by atoms with Gasteiger partial charge in [-0.2, -0.15) is 0 Å². The number of carbonyl (C=O) groups is 1. The van der Waals surface area contributed by atoms with Crippen molar-refractivity contribution in [2.45, 2.75) is 45.6 Å². The van der Waals surface area contributed by atoms with Crippen molar-refractivity contribution >= 4 is 17.5 Å². The second-order valence-corrected chi connectivity index (χ2v) is 7.34. The van der Waals surface area contributed by atoms with Gasteiger partial charge >= 0.3 is 0 Å². The van der Waals surface area contributed by atoms with E-state index in [0.717, 1.165) is 30.4 Å². The van der Waals surface area contributed by atoms with Gasteiger partial charge in [-0.3, -0.25) is 10.0 Å². The molecule has 1 aliphatic rings. The summed E-state index contributed by atoms with van der Waals surface area (Å²) in [6.07, 6.45) is 6.08. The fourth-order valence-electron chi connectivity index (χ4n) is 3.58. The van der Waals surface area contributed by atoms with Crippen LogP contribution in [0.3, 0.4) is 0 Å². The Labute approximate surface area is 149 Å². The van der Waals surface area contributed by atoms with E-state index < -0.39 is 5.91 Å². The van der Waals surface area contributed by atoms with Crippen LogP contribution in [0, 0.1) is 11.8 Å². The van der Waals surface area contributed by atoms with Crippen LogP contribution in [0.1, 0.15) is 54.9 Å². The number of rotatable bonds is 7. The molecule has 0 radical (unpaired) electrons. The standard InChI is InChI=1S/C19H27ClN2O2/c1-13-8-14(2)10-15(9-13)4-3-7-21-12-17-6-5-16(11-18(17)20)19(23)22-24/h5-6,11,14-15,21,24H,1,3-4,7-10,12H2,2H3,(H,22,23). The topological polar surface area (TPSA) is 61.4 Å². The Bertz CT molecular complexity index is 589. The van der Waals surface area contributed by atoms with Gasteiger partial charge in [0.25, 0.3) is 5.91 Å². The van der Waals surface area contributed by atoms with Crippen LogP contribution in [0.25, 0.3) is 0 Å². The van der Waals surface area contributed by atoms with Crippen molar-refractivity contribution in [1.82, 2.24) is 10.8 Å². The molecule has 1 aromatic rings. The van der Waals surface area contributed by atoms with Crippen LogP contribution in [0.4, 0.5) is 0 Å². The van der Waals surface area contributed by atoms with Crippen LogP contribution >= 0.6 is 11.6 Å². The molecule has 3 N–H and O–H groups in total. The zero-order valence-corrected chi connectivity index (χ0v) is 15.0. The lowest BCUT2D eigenvalue weighted by atomic mass is 9.78. The van der Waals surface area contributed by atoms with Crippen molar-refractivity contribution < 1.29 is 10.0 Å². The van der Waals surface area contributed by atoms with Crippen LogP contribution in [-0.2, 0) is 6.54 Å². The van der Waals surface area contributed by atoms with E-state index in [1.165, 1.54) is 31.3 Å². The maximum atomic E-state index is 11.3. The average Bonchev–Trinajstić information content (AvgIpc) is 2.54. The third-order valence-corrected chi connectivity index (χ3v) is 5.00. The highest BCUT2D eigenvalue weighted by Gasteiger charge is 2.20. The minimum absolute atomic E-state index is 0.345. The molecule has 2 rings (SSSR count). The van der Waals surface area contributed by atoms with Gasteiger partial charge in [-0.25, -0.2) is 5.48 Å². The van der Waals surface area contributed by atoms with E-state index in [4.69, 9.17) is 16.8 Å². The Morgan fingerprint density at radius 3 is 2.88 bits per heavy atom. The van der Waals surface area contributed by atoms with Gasteiger partial charge in [0.2, 0.25) is 0 Å². The second kappa shape index (κ2) is 9.21. The van der Waals surface area contributed by atoms with Crippen LogP contribution in [0.15, 0.2) is 30.4 Å². The molecule has 0 bridgehead atoms. The third kappa shape index (κ3) is 5.62. The first-order valence-corrected chi connectivity index (χ1v) is 8.97. The molecule has 1 fully saturated rings. The minimum atomic E-state index is -0.556. The Hall–Kier alpha value is -1.36. The summed E-state index contributed by atoms with van der Waals surface area (Å²) in [4.78, 5) is 11.3. The number of hydrogen-bond donors (Lipinski definition) is 3. The smallest absolute Gasteiger partial charge is 0.274 e. The quantitative estimate of drug-likeness (QED) is 0.297. The van der Waals surface area contributed by atoms with E-state index in [1.54, 1.807) is 17.6 Å². The second-order valence-electron chi connectivity index (χ2n) is 6.93. The van der Waals surface area contributed by atoms with E-state index >= 15 is 0 Å². The first-order chi connectivity index (χ1) is 11.5. The maximum Gasteiger partial charge on any atom is 0.274 e. The Morgan fingerprint density at radius 1 is 1.42 bits per heavy atom. The molecule has 4 nitrogen and oxygen atoms in total. The van der Waals surface area contributed by atoms with Gasteiger partial charge in [0.1, 0.15) is 0 Å². The zero-order chi connectivity index (χ0) is 17.5. The molecule has 1 aliphatic carbocycles. The highest BCUT2D eigenvalue weighted by Crippen LogP contribution is 2.34. The van der Waals surface area contributed by atoms with E-state index in [0.29, 0.717) is 17.1 Å². The summed E-state index contributed by atoms with van der Waals surface area (Å²) < 4.78 is 0. The fraction of sp³-hybridized carbons (Fsp3) is 0.526. The number of hydroxylamine groups is 1. The van der Waals surface area contributed by atoms with Crippen LogP contribution in [0.2, 0.25) is 5.02 Å². The Morgan fingerprint density at radius 2 is 2.21 bits per heavy atom. The van der Waals surface area contributed by atoms with Gasteiger partial charge < -0.3 is 5.32 Å². The molecule has 132 valence electrons. The lowest BCUT2D eigenvalue weighted by Gasteiger charge is -2.28. The van der Waals surface area contributed by atoms with Crippen molar-refractivity contribution in [2.24, 2.45) is 11.8 Å². The zero-order valence-electron chi connectivity index (χ0n) is 14.3. The number of amides is 1. The Balaban J connectivity index is 1.71. The van der Waals surface area contributed by atoms with Gasteiger partial charge in [0, 0.05) is 17.1 Å². The lowest BCUT2D eigenvalue weighted by molar-refractivity contribution is 0.0706. The molecular weight excluding hydrogens is 324 g/mol. The van der Waals surface area contributed by atoms with Crippen molar-refractivity contribution in [2.75, 3.05) is 6.54 Å². The number of allylic oxidation sites excluding steroid dienone is 1. The third-order valence-electron chi connectivity index (χ3n) is 4.65. The minimum Gasteiger partial charge on any atom is -0.313 e. The lowest BCUT2D eigenvalue weighted by Crippen LogP contribution is -2.20. The van der Waals surface area contributed by atoms with E-state index in [1.807, 2.05) is 6.07 Å². The molecule has 0 aromatic heterocycles. The number of carbonyl (C=O) groups excluding carboxylic acids is 1. The van der Waals surface area contributed by atoms with Crippen LogP contribution in [-0.4, -0.2) is 17.7 Å². The number of hydrogen-bond acceptors (Lipinski definition) is 3. The van der Waals surface area contributed by atoms with Gasteiger partial charge in [0.15, 0.2) is 0 Å². The highest BCUT2D eigenvalue weighted by atomic mass is 35.5. The van der Waals surface area contributed by atoms with Crippen molar-refractivity contribution in [3.63, 3.8) is 0 Å². The summed E-state index contributed by atoms with van der Waals surface area (Å²) in [6, 6.07) is 5.04. The molecule has 0 heterocycles. The number of nitrogens with one attached hydrogen (secondary N) is 2. The van der Waals surface area contributed by atoms with Gasteiger partial charge in [-0.15, -0.1) is 0 Å². The first kappa shape index (κ1) is 19.0. The molecule has 2 unspecified atom stereocenters. The van der Waals surface area contributed by atoms with Crippen molar-refractivity contribution in [1.29, 1.82) is 0 Å². The van der Waals surface area contributed by atoms with Crippen LogP contribution in [0.5, 0.6) is 0 Å². The molecule has 24 heavy (non-hydrogen) atoms. The molecule has 0 saturated heterocycles. The Kier molecular flexibility index (Phi) is 7.28. The predicted molar refractivity (Wildman–Crippen MR) is 97.3 cm³/mol. The molecular formula is C19H27ClN2O2. The van der Waals surface area contributed by atoms with Crippen LogP contribution < -0.4 is 10.8 Å². The molecule has 2 atom stereocenters. The fourth-order valence-corrected chi connectivity index (χ4v) is 3.82. The molecule has 5 heteroatoms. The van der Waals surface area contributed by atoms with Crippen molar-refractivity contribution in [3.8, 4) is 0 Å². The molecule has 1 saturated carbocycles. The summed E-state index contributed by atoms with van der Waals surface area (Å²) in [5.41, 5.74) is 4.31. The number of halogens is 1. The van der Waals surface area contributed by atoms with Gasteiger partial charge in [0.05, 0.1) is 0 Å². The average molecular weight is 351 g/mol. The normalized spacial score (nSPS) is 20.9. The highest BCUT2D eigenvalue weighted by molar-refractivity contribution is 6.31. The number of benzene rings is 1. The summed E-state index contributed by atoms with van der Waals surface area (Å²) in [6.45, 7) is 8.10. The molecule has 1 aromatic carbocycles. The van der Waals surface area contributed by atoms with Gasteiger partial charge in [-0.1, -0.05) is 36.7 Å². The summed E-state index contributed by atoms with van der Waals surface area (Å²) in [7, 11) is 0. The first-order valence-electron chi connectivity index (χ1n) is 8.59. The summed E-state index contributed by atoms with van der Waals surface area (Å²) >= 11 is 6.19. The van der Waals surface area contributed by atoms with Gasteiger partial charge in [-0.05, 0) is 68.2 Å². The maximum absolute atomic E-state index is 11.3. The SMILES string of the molecule is C=C1CC(C)CC(CCCNCc2ccc(C(=O)NO)cc2Cl)C1. The molecule has 0 aliphatic heterocycles. The van der Waals surface area contributed by atoms with E-state index in [9.17, 15) is 4.79 Å². The molecule has 1 amide bonds. The van der Waals surface area contributed by atoms with E-state index in [2.05, 4.69) is 18.8 Å². The summed E-state index contributed by atoms with van der Waals surface area (Å²) in [5, 5.41) is 12.6. The summed E-state index contributed by atoms with van der Waals surface area (Å²) in [5.74, 6) is 1.00.